The molecule has 0 bridgehead atoms. The van der Waals surface area contributed by atoms with E-state index in [0.29, 0.717) is 6.54 Å². The van der Waals surface area contributed by atoms with E-state index in [1.165, 1.54) is 5.56 Å². The monoisotopic (exact) mass is 345 g/mol. The van der Waals surface area contributed by atoms with E-state index >= 15 is 0 Å². The molecule has 4 nitrogen and oxygen atoms in total. The Labute approximate surface area is 154 Å². The number of carbonyl (C=O) groups excluding carboxylic acids is 1. The molecule has 0 spiro atoms. The summed E-state index contributed by atoms with van der Waals surface area (Å²) < 4.78 is 2.24. The molecule has 3 aromatic rings. The molecular weight excluding hydrogens is 322 g/mol. The lowest BCUT2D eigenvalue weighted by Crippen LogP contribution is -2.44. The van der Waals surface area contributed by atoms with Gasteiger partial charge in [-0.05, 0) is 41.8 Å². The lowest BCUT2D eigenvalue weighted by atomic mass is 10.0. The van der Waals surface area contributed by atoms with E-state index in [0.717, 1.165) is 29.9 Å². The number of benzene rings is 2. The van der Waals surface area contributed by atoms with Gasteiger partial charge in [0.2, 0.25) is 0 Å². The number of aromatic nitrogens is 1. The van der Waals surface area contributed by atoms with Crippen molar-refractivity contribution in [2.45, 2.75) is 25.9 Å². The number of urea groups is 1. The number of nitrogens with one attached hydrogen (secondary N) is 1. The van der Waals surface area contributed by atoms with Gasteiger partial charge in [-0.1, -0.05) is 49.4 Å². The van der Waals surface area contributed by atoms with Gasteiger partial charge in [0.05, 0.1) is 6.04 Å². The molecule has 2 aromatic carbocycles. The fourth-order valence-corrected chi connectivity index (χ4v) is 3.65. The standard InChI is InChI=1S/C22H23N3O/c1-2-17-8-6-11-19(16-17)23-22(26)25-15-14-24-13-7-12-20(24)21(25)18-9-4-3-5-10-18/h3-13,16,21H,2,14-15H2,1H3,(H,23,26). The first-order valence-corrected chi connectivity index (χ1v) is 9.13. The van der Waals surface area contributed by atoms with Crippen LogP contribution in [0, 0.1) is 0 Å². The Balaban J connectivity index is 1.64. The molecule has 2 amide bonds. The van der Waals surface area contributed by atoms with Gasteiger partial charge in [-0.2, -0.15) is 0 Å². The Morgan fingerprint density at radius 2 is 1.88 bits per heavy atom. The highest BCUT2D eigenvalue weighted by atomic mass is 16.2. The Kier molecular flexibility index (Phi) is 4.48. The molecule has 0 radical (unpaired) electrons. The minimum Gasteiger partial charge on any atom is -0.348 e. The molecule has 1 aliphatic rings. The third-order valence-electron chi connectivity index (χ3n) is 5.00. The molecule has 2 heterocycles. The minimum atomic E-state index is -0.0747. The van der Waals surface area contributed by atoms with E-state index < -0.39 is 0 Å². The summed E-state index contributed by atoms with van der Waals surface area (Å²) in [5.74, 6) is 0. The molecule has 0 saturated carbocycles. The molecule has 0 saturated heterocycles. The largest absolute Gasteiger partial charge is 0.348 e. The fraction of sp³-hybridized carbons (Fsp3) is 0.227. The summed E-state index contributed by atoms with van der Waals surface area (Å²) in [6.07, 6.45) is 3.04. The number of rotatable bonds is 3. The average Bonchev–Trinajstić information content (AvgIpc) is 3.16. The lowest BCUT2D eigenvalue weighted by molar-refractivity contribution is 0.182. The predicted octanol–water partition coefficient (Wildman–Crippen LogP) is 4.69. The summed E-state index contributed by atoms with van der Waals surface area (Å²) in [5.41, 5.74) is 4.35. The van der Waals surface area contributed by atoms with Gasteiger partial charge < -0.3 is 14.8 Å². The summed E-state index contributed by atoms with van der Waals surface area (Å²) >= 11 is 0. The summed E-state index contributed by atoms with van der Waals surface area (Å²) in [6, 6.07) is 22.3. The van der Waals surface area contributed by atoms with Crippen molar-refractivity contribution in [3.63, 3.8) is 0 Å². The maximum absolute atomic E-state index is 13.1. The Morgan fingerprint density at radius 1 is 1.04 bits per heavy atom. The second kappa shape index (κ2) is 7.08. The van der Waals surface area contributed by atoms with Crippen LogP contribution in [0.25, 0.3) is 0 Å². The zero-order chi connectivity index (χ0) is 17.9. The second-order valence-corrected chi connectivity index (χ2v) is 6.62. The first-order chi connectivity index (χ1) is 12.8. The van der Waals surface area contributed by atoms with Gasteiger partial charge in [0.15, 0.2) is 0 Å². The average molecular weight is 345 g/mol. The SMILES string of the molecule is CCc1cccc(NC(=O)N2CCn3cccc3C2c2ccccc2)c1. The van der Waals surface area contributed by atoms with E-state index in [9.17, 15) is 4.79 Å². The van der Waals surface area contributed by atoms with Crippen molar-refractivity contribution in [3.8, 4) is 0 Å². The van der Waals surface area contributed by atoms with E-state index in [4.69, 9.17) is 0 Å². The van der Waals surface area contributed by atoms with E-state index in [2.05, 4.69) is 53.3 Å². The Hall–Kier alpha value is -3.01. The van der Waals surface area contributed by atoms with Gasteiger partial charge in [-0.15, -0.1) is 0 Å². The number of aryl methyl sites for hydroxylation is 1. The summed E-state index contributed by atoms with van der Waals surface area (Å²) in [6.45, 7) is 3.61. The predicted molar refractivity (Wildman–Crippen MR) is 104 cm³/mol. The van der Waals surface area contributed by atoms with Crippen LogP contribution in [0.2, 0.25) is 0 Å². The minimum absolute atomic E-state index is 0.0560. The van der Waals surface area contributed by atoms with Crippen LogP contribution in [0.1, 0.15) is 29.8 Å². The smallest absolute Gasteiger partial charge is 0.322 e. The van der Waals surface area contributed by atoms with Crippen molar-refractivity contribution in [3.05, 3.63) is 89.7 Å². The third kappa shape index (κ3) is 3.10. The van der Waals surface area contributed by atoms with Crippen LogP contribution in [-0.4, -0.2) is 22.0 Å². The van der Waals surface area contributed by atoms with E-state index in [1.807, 2.05) is 41.3 Å². The molecule has 0 fully saturated rings. The molecule has 1 aromatic heterocycles. The van der Waals surface area contributed by atoms with Crippen molar-refractivity contribution in [2.24, 2.45) is 0 Å². The number of anilines is 1. The highest BCUT2D eigenvalue weighted by Gasteiger charge is 2.32. The van der Waals surface area contributed by atoms with Crippen molar-refractivity contribution in [1.82, 2.24) is 9.47 Å². The first-order valence-electron chi connectivity index (χ1n) is 9.13. The molecule has 132 valence electrons. The van der Waals surface area contributed by atoms with Crippen LogP contribution in [0.4, 0.5) is 10.5 Å². The molecule has 1 aliphatic heterocycles. The van der Waals surface area contributed by atoms with Crippen LogP contribution in [-0.2, 0) is 13.0 Å². The molecule has 1 N–H and O–H groups in total. The topological polar surface area (TPSA) is 37.3 Å². The summed E-state index contributed by atoms with van der Waals surface area (Å²) in [7, 11) is 0. The van der Waals surface area contributed by atoms with Gasteiger partial charge >= 0.3 is 6.03 Å². The quantitative estimate of drug-likeness (QED) is 0.735. The maximum atomic E-state index is 13.1. The Morgan fingerprint density at radius 3 is 2.69 bits per heavy atom. The Bertz CT molecular complexity index is 901. The summed E-state index contributed by atoms with van der Waals surface area (Å²) in [5, 5.41) is 3.09. The van der Waals surface area contributed by atoms with Crippen LogP contribution >= 0.6 is 0 Å². The highest BCUT2D eigenvalue weighted by molar-refractivity contribution is 5.90. The van der Waals surface area contributed by atoms with Crippen molar-refractivity contribution >= 4 is 11.7 Å². The van der Waals surface area contributed by atoms with E-state index in [-0.39, 0.29) is 12.1 Å². The van der Waals surface area contributed by atoms with Crippen molar-refractivity contribution < 1.29 is 4.79 Å². The molecule has 1 atom stereocenters. The third-order valence-corrected chi connectivity index (χ3v) is 5.00. The van der Waals surface area contributed by atoms with E-state index in [1.54, 1.807) is 0 Å². The lowest BCUT2D eigenvalue weighted by Gasteiger charge is -2.37. The number of carbonyl (C=O) groups is 1. The van der Waals surface area contributed by atoms with Crippen molar-refractivity contribution in [2.75, 3.05) is 11.9 Å². The van der Waals surface area contributed by atoms with Gasteiger partial charge in [-0.25, -0.2) is 4.79 Å². The molecule has 4 heteroatoms. The maximum Gasteiger partial charge on any atom is 0.322 e. The highest BCUT2D eigenvalue weighted by Crippen LogP contribution is 2.32. The number of nitrogens with zero attached hydrogens (tertiary/aromatic N) is 2. The van der Waals surface area contributed by atoms with Crippen LogP contribution in [0.5, 0.6) is 0 Å². The van der Waals surface area contributed by atoms with Gasteiger partial charge in [0.1, 0.15) is 0 Å². The zero-order valence-corrected chi connectivity index (χ0v) is 14.9. The summed E-state index contributed by atoms with van der Waals surface area (Å²) in [4.78, 5) is 15.0. The molecular formula is C22H23N3O. The number of hydrogen-bond donors (Lipinski definition) is 1. The molecule has 0 aliphatic carbocycles. The van der Waals surface area contributed by atoms with Crippen LogP contribution < -0.4 is 5.32 Å². The van der Waals surface area contributed by atoms with Crippen LogP contribution in [0.15, 0.2) is 72.9 Å². The molecule has 4 rings (SSSR count). The first kappa shape index (κ1) is 16.5. The van der Waals surface area contributed by atoms with Gasteiger partial charge in [0, 0.05) is 30.7 Å². The second-order valence-electron chi connectivity index (χ2n) is 6.62. The van der Waals surface area contributed by atoms with Gasteiger partial charge in [0.25, 0.3) is 0 Å². The number of amides is 2. The molecule has 1 unspecified atom stereocenters. The number of hydrogen-bond acceptors (Lipinski definition) is 1. The van der Waals surface area contributed by atoms with Crippen molar-refractivity contribution in [1.29, 1.82) is 0 Å². The fourth-order valence-electron chi connectivity index (χ4n) is 3.65. The number of fused-ring (bicyclic) bond motifs is 1. The normalized spacial score (nSPS) is 16.2. The zero-order valence-electron chi connectivity index (χ0n) is 14.9. The van der Waals surface area contributed by atoms with Crippen LogP contribution in [0.3, 0.4) is 0 Å². The van der Waals surface area contributed by atoms with Gasteiger partial charge in [-0.3, -0.25) is 0 Å². The molecule has 26 heavy (non-hydrogen) atoms.